The van der Waals surface area contributed by atoms with Gasteiger partial charge in [0.05, 0.1) is 17.0 Å². The van der Waals surface area contributed by atoms with E-state index < -0.39 is 39.1 Å². The van der Waals surface area contributed by atoms with E-state index in [-0.39, 0.29) is 0 Å². The molecule has 168 valence electrons. The third-order valence-electron chi connectivity index (χ3n) is 5.43. The van der Waals surface area contributed by atoms with E-state index in [2.05, 4.69) is 9.62 Å². The van der Waals surface area contributed by atoms with Crippen LogP contribution in [0, 0.1) is 13.8 Å². The Morgan fingerprint density at radius 2 is 1.68 bits per heavy atom. The summed E-state index contributed by atoms with van der Waals surface area (Å²) in [6.45, 7) is 5.64. The van der Waals surface area contributed by atoms with Crippen LogP contribution in [0.25, 0.3) is 0 Å². The van der Waals surface area contributed by atoms with Crippen molar-refractivity contribution in [2.75, 3.05) is 37.6 Å². The number of rotatable bonds is 5. The molecule has 1 fully saturated rings. The van der Waals surface area contributed by atoms with E-state index in [1.165, 1.54) is 11.1 Å². The lowest BCUT2D eigenvalue weighted by Crippen LogP contribution is -2.51. The van der Waals surface area contributed by atoms with Crippen molar-refractivity contribution in [2.45, 2.75) is 24.9 Å². The van der Waals surface area contributed by atoms with Gasteiger partial charge in [-0.2, -0.15) is 13.2 Å². The van der Waals surface area contributed by atoms with Gasteiger partial charge in [0.1, 0.15) is 0 Å². The zero-order valence-electron chi connectivity index (χ0n) is 17.2. The molecule has 10 heteroatoms. The van der Waals surface area contributed by atoms with Crippen molar-refractivity contribution in [1.29, 1.82) is 0 Å². The minimum absolute atomic E-state index is 0.420. The van der Waals surface area contributed by atoms with Crippen molar-refractivity contribution in [3.05, 3.63) is 59.2 Å². The fraction of sp³-hybridized carbons (Fsp3) is 0.381. The fourth-order valence-corrected chi connectivity index (χ4v) is 4.49. The first-order valence-corrected chi connectivity index (χ1v) is 11.2. The molecule has 0 spiro atoms. The molecule has 0 saturated carbocycles. The first-order chi connectivity index (χ1) is 14.5. The molecule has 0 atom stereocenters. The normalized spacial score (nSPS) is 15.3. The van der Waals surface area contributed by atoms with Gasteiger partial charge in [0.25, 0.3) is 0 Å². The molecule has 31 heavy (non-hydrogen) atoms. The number of benzene rings is 2. The number of hydrogen-bond donors (Lipinski definition) is 1. The van der Waals surface area contributed by atoms with Crippen LogP contribution in [0.5, 0.6) is 0 Å². The van der Waals surface area contributed by atoms with Crippen molar-refractivity contribution < 1.29 is 26.4 Å². The van der Waals surface area contributed by atoms with Gasteiger partial charge in [0.2, 0.25) is 15.9 Å². The molecule has 0 aliphatic carbocycles. The monoisotopic (exact) mass is 455 g/mol. The number of carbonyl (C=O) groups excluding carboxylic acids is 1. The molecule has 1 heterocycles. The van der Waals surface area contributed by atoms with Gasteiger partial charge < -0.3 is 9.80 Å². The number of nitrogens with zero attached hydrogens (tertiary/aromatic N) is 2. The van der Waals surface area contributed by atoms with E-state index in [9.17, 15) is 26.4 Å². The second kappa shape index (κ2) is 8.88. The van der Waals surface area contributed by atoms with E-state index in [0.717, 1.165) is 23.9 Å². The van der Waals surface area contributed by atoms with E-state index in [4.69, 9.17) is 0 Å². The number of amides is 1. The summed E-state index contributed by atoms with van der Waals surface area (Å²) in [7, 11) is -4.25. The highest BCUT2D eigenvalue weighted by molar-refractivity contribution is 7.89. The highest BCUT2D eigenvalue weighted by Crippen LogP contribution is 2.30. The molecule has 1 aliphatic heterocycles. The second-order valence-electron chi connectivity index (χ2n) is 7.44. The molecule has 3 rings (SSSR count). The quantitative estimate of drug-likeness (QED) is 0.753. The zero-order chi connectivity index (χ0) is 22.8. The van der Waals surface area contributed by atoms with Crippen molar-refractivity contribution in [3.63, 3.8) is 0 Å². The maximum absolute atomic E-state index is 12.8. The average Bonchev–Trinajstić information content (AvgIpc) is 2.74. The van der Waals surface area contributed by atoms with Crippen molar-refractivity contribution in [1.82, 2.24) is 9.62 Å². The summed E-state index contributed by atoms with van der Waals surface area (Å²) in [6.07, 6.45) is -4.66. The lowest BCUT2D eigenvalue weighted by molar-refractivity contribution is -0.137. The minimum atomic E-state index is -4.66. The van der Waals surface area contributed by atoms with Crippen molar-refractivity contribution in [2.24, 2.45) is 0 Å². The Labute approximate surface area is 179 Å². The lowest BCUT2D eigenvalue weighted by atomic mass is 10.1. The molecule has 2 aromatic rings. The molecule has 1 amide bonds. The Morgan fingerprint density at radius 1 is 1.03 bits per heavy atom. The topological polar surface area (TPSA) is 69.7 Å². The third kappa shape index (κ3) is 5.37. The standard InChI is InChI=1S/C21H24F3N3O3S/c1-15-5-3-8-19(16(15)2)26-9-11-27(12-10-26)20(28)14-25-31(29,30)18-7-4-6-17(13-18)21(22,23)24/h3-8,13,25H,9-12,14H2,1-2H3. The molecule has 0 aromatic heterocycles. The van der Waals surface area contributed by atoms with Crippen LogP contribution in [0.1, 0.15) is 16.7 Å². The number of carbonyl (C=O) groups is 1. The molecular weight excluding hydrogens is 431 g/mol. The summed E-state index contributed by atoms with van der Waals surface area (Å²) in [4.78, 5) is 15.7. The van der Waals surface area contributed by atoms with Crippen molar-refractivity contribution >= 4 is 21.6 Å². The summed E-state index contributed by atoms with van der Waals surface area (Å²) in [5.41, 5.74) is 2.40. The highest BCUT2D eigenvalue weighted by atomic mass is 32.2. The fourth-order valence-electron chi connectivity index (χ4n) is 3.47. The number of anilines is 1. The summed E-state index contributed by atoms with van der Waals surface area (Å²) in [6, 6.07) is 9.47. The minimum Gasteiger partial charge on any atom is -0.368 e. The SMILES string of the molecule is Cc1cccc(N2CCN(C(=O)CNS(=O)(=O)c3cccc(C(F)(F)F)c3)CC2)c1C. The van der Waals surface area contributed by atoms with Crippen LogP contribution >= 0.6 is 0 Å². The molecule has 0 unspecified atom stereocenters. The van der Waals surface area contributed by atoms with Crippen LogP contribution < -0.4 is 9.62 Å². The van der Waals surface area contributed by atoms with Crippen molar-refractivity contribution in [3.8, 4) is 0 Å². The molecule has 0 bridgehead atoms. The molecule has 1 aliphatic rings. The predicted octanol–water partition coefficient (Wildman–Crippen LogP) is 2.95. The van der Waals surface area contributed by atoms with Gasteiger partial charge in [0, 0.05) is 31.9 Å². The van der Waals surface area contributed by atoms with E-state index >= 15 is 0 Å². The summed E-state index contributed by atoms with van der Waals surface area (Å²) in [5, 5.41) is 0. The van der Waals surface area contributed by atoms with Gasteiger partial charge in [-0.1, -0.05) is 18.2 Å². The van der Waals surface area contributed by atoms with Gasteiger partial charge in [0.15, 0.2) is 0 Å². The highest BCUT2D eigenvalue weighted by Gasteiger charge is 2.32. The number of piperazine rings is 1. The lowest BCUT2D eigenvalue weighted by Gasteiger charge is -2.37. The van der Waals surface area contributed by atoms with Gasteiger partial charge in [-0.25, -0.2) is 13.1 Å². The Kier molecular flexibility index (Phi) is 6.61. The van der Waals surface area contributed by atoms with E-state index in [1.807, 2.05) is 32.0 Å². The zero-order valence-corrected chi connectivity index (χ0v) is 18.1. The molecule has 0 radical (unpaired) electrons. The maximum atomic E-state index is 12.8. The van der Waals surface area contributed by atoms with Gasteiger partial charge in [-0.05, 0) is 49.2 Å². The van der Waals surface area contributed by atoms with Crippen LogP contribution in [0.3, 0.4) is 0 Å². The summed E-state index contributed by atoms with van der Waals surface area (Å²) >= 11 is 0. The van der Waals surface area contributed by atoms with Crippen LogP contribution in [-0.2, 0) is 21.0 Å². The Morgan fingerprint density at radius 3 is 2.32 bits per heavy atom. The first-order valence-electron chi connectivity index (χ1n) is 9.75. The first kappa shape index (κ1) is 23.1. The number of halogens is 3. The molecule has 2 aromatic carbocycles. The van der Waals surface area contributed by atoms with Crippen LogP contribution in [0.15, 0.2) is 47.4 Å². The second-order valence-corrected chi connectivity index (χ2v) is 9.20. The number of aryl methyl sites for hydroxylation is 1. The van der Waals surface area contributed by atoms with Gasteiger partial charge in [-0.15, -0.1) is 0 Å². The number of sulfonamides is 1. The van der Waals surface area contributed by atoms with E-state index in [1.54, 1.807) is 4.90 Å². The van der Waals surface area contributed by atoms with Crippen LogP contribution in [-0.4, -0.2) is 51.9 Å². The molecular formula is C21H24F3N3O3S. The van der Waals surface area contributed by atoms with Gasteiger partial charge in [-0.3, -0.25) is 4.79 Å². The van der Waals surface area contributed by atoms with Gasteiger partial charge >= 0.3 is 6.18 Å². The Balaban J connectivity index is 1.59. The van der Waals surface area contributed by atoms with E-state index in [0.29, 0.717) is 32.2 Å². The molecule has 1 saturated heterocycles. The third-order valence-corrected chi connectivity index (χ3v) is 6.83. The number of alkyl halides is 3. The van der Waals surface area contributed by atoms with Crippen LogP contribution in [0.4, 0.5) is 18.9 Å². The average molecular weight is 456 g/mol. The Bertz CT molecular complexity index is 1060. The predicted molar refractivity (Wildman–Crippen MR) is 111 cm³/mol. The van der Waals surface area contributed by atoms with Crippen LogP contribution in [0.2, 0.25) is 0 Å². The molecule has 6 nitrogen and oxygen atoms in total. The molecule has 1 N–H and O–H groups in total. The maximum Gasteiger partial charge on any atom is 0.416 e. The smallest absolute Gasteiger partial charge is 0.368 e. The summed E-state index contributed by atoms with van der Waals surface area (Å²) in [5.74, 6) is -0.420. The largest absolute Gasteiger partial charge is 0.416 e. The number of hydrogen-bond acceptors (Lipinski definition) is 4. The Hall–Kier alpha value is -2.59. The number of nitrogens with one attached hydrogen (secondary N) is 1. The summed E-state index contributed by atoms with van der Waals surface area (Å²) < 4.78 is 65.3.